The number of halogens is 1. The van der Waals surface area contributed by atoms with Crippen LogP contribution >= 0.6 is 22.9 Å². The van der Waals surface area contributed by atoms with Gasteiger partial charge in [-0.3, -0.25) is 0 Å². The summed E-state index contributed by atoms with van der Waals surface area (Å²) in [5.41, 5.74) is 0.713. The first-order chi connectivity index (χ1) is 12.2. The molecule has 2 N–H and O–H groups in total. The Kier molecular flexibility index (Phi) is 5.35. The molecule has 0 bridgehead atoms. The van der Waals surface area contributed by atoms with E-state index in [0.717, 1.165) is 63.4 Å². The highest BCUT2D eigenvalue weighted by Crippen LogP contribution is 2.44. The van der Waals surface area contributed by atoms with Crippen LogP contribution in [-0.2, 0) is 0 Å². The Morgan fingerprint density at radius 2 is 1.96 bits per heavy atom. The number of hydrogen-bond acceptors (Lipinski definition) is 4. The van der Waals surface area contributed by atoms with Gasteiger partial charge in [-0.25, -0.2) is 0 Å². The summed E-state index contributed by atoms with van der Waals surface area (Å²) in [5, 5.41) is 19.3. The van der Waals surface area contributed by atoms with Crippen LogP contribution in [0.5, 0.6) is 0 Å². The number of nitrogens with one attached hydrogen (secondary N) is 1. The van der Waals surface area contributed by atoms with Crippen LogP contribution in [-0.4, -0.2) is 48.3 Å². The number of fused-ring (bicyclic) bond motifs is 1. The Balaban J connectivity index is 1.71. The second-order valence-electron chi connectivity index (χ2n) is 7.60. The molecular weight excluding hydrogens is 352 g/mol. The van der Waals surface area contributed by atoms with Gasteiger partial charge in [-0.15, -0.1) is 11.3 Å². The molecule has 1 saturated heterocycles. The van der Waals surface area contributed by atoms with Crippen molar-refractivity contribution in [3.8, 4) is 0 Å². The molecule has 2 aliphatic rings. The van der Waals surface area contributed by atoms with Gasteiger partial charge in [-0.05, 0) is 47.4 Å². The van der Waals surface area contributed by atoms with Crippen molar-refractivity contribution >= 4 is 33.0 Å². The molecule has 2 heterocycles. The van der Waals surface area contributed by atoms with E-state index in [1.807, 2.05) is 6.07 Å². The maximum Gasteiger partial charge on any atom is 0.0728 e. The third-order valence-corrected chi connectivity index (χ3v) is 7.18. The molecule has 1 atom stereocenters. The van der Waals surface area contributed by atoms with Crippen molar-refractivity contribution in [2.24, 2.45) is 0 Å². The van der Waals surface area contributed by atoms with E-state index in [1.54, 1.807) is 11.3 Å². The third kappa shape index (κ3) is 3.74. The smallest absolute Gasteiger partial charge is 0.0728 e. The SMILES string of the molecule is OC1(C(CN2CCNCC2)c2csc3ccc(Cl)cc23)CCCCC1. The van der Waals surface area contributed by atoms with Crippen molar-refractivity contribution in [2.45, 2.75) is 43.6 Å². The second kappa shape index (κ2) is 7.53. The molecular formula is C20H27ClN2OS. The largest absolute Gasteiger partial charge is 0.389 e. The van der Waals surface area contributed by atoms with Crippen LogP contribution in [0.2, 0.25) is 5.02 Å². The number of piperazine rings is 1. The molecule has 0 radical (unpaired) electrons. The third-order valence-electron chi connectivity index (χ3n) is 5.96. The van der Waals surface area contributed by atoms with E-state index < -0.39 is 5.60 Å². The van der Waals surface area contributed by atoms with Gasteiger partial charge in [0.25, 0.3) is 0 Å². The molecule has 5 heteroatoms. The molecule has 0 amide bonds. The highest BCUT2D eigenvalue weighted by molar-refractivity contribution is 7.17. The molecule has 1 aliphatic carbocycles. The van der Waals surface area contributed by atoms with E-state index in [2.05, 4.69) is 27.7 Å². The quantitative estimate of drug-likeness (QED) is 0.835. The maximum absolute atomic E-state index is 11.6. The van der Waals surface area contributed by atoms with E-state index >= 15 is 0 Å². The normalized spacial score (nSPS) is 23.0. The monoisotopic (exact) mass is 378 g/mol. The Bertz CT molecular complexity index is 720. The lowest BCUT2D eigenvalue weighted by Crippen LogP contribution is -2.49. The summed E-state index contributed by atoms with van der Waals surface area (Å²) >= 11 is 8.06. The lowest BCUT2D eigenvalue weighted by Gasteiger charge is -2.42. The Morgan fingerprint density at radius 1 is 1.20 bits per heavy atom. The molecule has 1 saturated carbocycles. The standard InChI is InChI=1S/C20H27ClN2OS/c21-15-4-5-19-16(12-15)17(14-25-19)18(13-23-10-8-22-9-11-23)20(24)6-2-1-3-7-20/h4-5,12,14,18,22,24H,1-3,6-11,13H2. The topological polar surface area (TPSA) is 35.5 Å². The number of thiophene rings is 1. The number of rotatable bonds is 4. The fourth-order valence-corrected chi connectivity index (χ4v) is 5.68. The van der Waals surface area contributed by atoms with E-state index in [0.29, 0.717) is 0 Å². The first-order valence-corrected chi connectivity index (χ1v) is 10.7. The van der Waals surface area contributed by atoms with Crippen LogP contribution in [0.1, 0.15) is 43.6 Å². The van der Waals surface area contributed by atoms with Gasteiger partial charge >= 0.3 is 0 Å². The van der Waals surface area contributed by atoms with E-state index in [1.165, 1.54) is 22.1 Å². The molecule has 2 aromatic rings. The zero-order valence-corrected chi connectivity index (χ0v) is 16.2. The molecule has 25 heavy (non-hydrogen) atoms. The predicted molar refractivity (Wildman–Crippen MR) is 107 cm³/mol. The fourth-order valence-electron chi connectivity index (χ4n) is 4.51. The number of aliphatic hydroxyl groups is 1. The van der Waals surface area contributed by atoms with E-state index in [4.69, 9.17) is 11.6 Å². The number of nitrogens with zero attached hydrogens (tertiary/aromatic N) is 1. The van der Waals surface area contributed by atoms with Crippen LogP contribution in [0.4, 0.5) is 0 Å². The molecule has 1 aromatic carbocycles. The molecule has 2 fully saturated rings. The molecule has 1 unspecified atom stereocenters. The average Bonchev–Trinajstić information content (AvgIpc) is 3.04. The van der Waals surface area contributed by atoms with Crippen LogP contribution in [0.25, 0.3) is 10.1 Å². The summed E-state index contributed by atoms with van der Waals surface area (Å²) in [7, 11) is 0. The van der Waals surface area contributed by atoms with Crippen molar-refractivity contribution in [2.75, 3.05) is 32.7 Å². The van der Waals surface area contributed by atoms with E-state index in [9.17, 15) is 5.11 Å². The predicted octanol–water partition coefficient (Wildman–Crippen LogP) is 4.24. The molecule has 4 rings (SSSR count). The zero-order valence-electron chi connectivity index (χ0n) is 14.6. The van der Waals surface area contributed by atoms with Crippen molar-refractivity contribution in [3.63, 3.8) is 0 Å². The zero-order chi connectivity index (χ0) is 17.3. The van der Waals surface area contributed by atoms with E-state index in [-0.39, 0.29) is 5.92 Å². The molecule has 3 nitrogen and oxygen atoms in total. The van der Waals surface area contributed by atoms with Gasteiger partial charge in [-0.1, -0.05) is 30.9 Å². The average molecular weight is 379 g/mol. The molecule has 1 aromatic heterocycles. The van der Waals surface area contributed by atoms with Gasteiger partial charge in [0.1, 0.15) is 0 Å². The van der Waals surface area contributed by atoms with Crippen molar-refractivity contribution in [3.05, 3.63) is 34.2 Å². The van der Waals surface area contributed by atoms with Crippen LogP contribution in [0.15, 0.2) is 23.6 Å². The molecule has 136 valence electrons. The van der Waals surface area contributed by atoms with Gasteiger partial charge in [-0.2, -0.15) is 0 Å². The van der Waals surface area contributed by atoms with Gasteiger partial charge in [0.2, 0.25) is 0 Å². The summed E-state index contributed by atoms with van der Waals surface area (Å²) in [6, 6.07) is 6.16. The van der Waals surface area contributed by atoms with Crippen molar-refractivity contribution in [1.82, 2.24) is 10.2 Å². The summed E-state index contributed by atoms with van der Waals surface area (Å²) in [5.74, 6) is 0.165. The van der Waals surface area contributed by atoms with Gasteiger partial charge < -0.3 is 15.3 Å². The first-order valence-electron chi connectivity index (χ1n) is 9.48. The Labute approximate surface area is 159 Å². The van der Waals surface area contributed by atoms with Crippen molar-refractivity contribution < 1.29 is 5.11 Å². The minimum atomic E-state index is -0.584. The summed E-state index contributed by atoms with van der Waals surface area (Å²) in [6.07, 6.45) is 5.36. The van der Waals surface area contributed by atoms with Crippen LogP contribution < -0.4 is 5.32 Å². The first kappa shape index (κ1) is 17.7. The molecule has 0 spiro atoms. The van der Waals surface area contributed by atoms with Gasteiger partial charge in [0.15, 0.2) is 0 Å². The highest BCUT2D eigenvalue weighted by atomic mass is 35.5. The van der Waals surface area contributed by atoms with Gasteiger partial charge in [0, 0.05) is 48.4 Å². The lowest BCUT2D eigenvalue weighted by molar-refractivity contribution is -0.0311. The van der Waals surface area contributed by atoms with Crippen LogP contribution in [0, 0.1) is 0 Å². The van der Waals surface area contributed by atoms with Gasteiger partial charge in [0.05, 0.1) is 5.60 Å². The number of hydrogen-bond donors (Lipinski definition) is 2. The minimum Gasteiger partial charge on any atom is -0.389 e. The Hall–Kier alpha value is -0.650. The number of benzene rings is 1. The summed E-state index contributed by atoms with van der Waals surface area (Å²) < 4.78 is 1.27. The molecule has 1 aliphatic heterocycles. The lowest BCUT2D eigenvalue weighted by atomic mass is 9.72. The maximum atomic E-state index is 11.6. The van der Waals surface area contributed by atoms with Crippen LogP contribution in [0.3, 0.4) is 0 Å². The summed E-state index contributed by atoms with van der Waals surface area (Å²) in [4.78, 5) is 2.52. The fraction of sp³-hybridized carbons (Fsp3) is 0.600. The van der Waals surface area contributed by atoms with Crippen molar-refractivity contribution in [1.29, 1.82) is 0 Å². The minimum absolute atomic E-state index is 0.165. The highest BCUT2D eigenvalue weighted by Gasteiger charge is 2.40. The second-order valence-corrected chi connectivity index (χ2v) is 8.95. The Morgan fingerprint density at radius 3 is 2.72 bits per heavy atom. The summed E-state index contributed by atoms with van der Waals surface area (Å²) in [6.45, 7) is 5.16.